The van der Waals surface area contributed by atoms with Gasteiger partial charge in [0.25, 0.3) is 5.91 Å². The van der Waals surface area contributed by atoms with Gasteiger partial charge in [-0.15, -0.1) is 0 Å². The number of morpholine rings is 1. The number of carbonyl (C=O) groups is 2. The molecule has 2 aromatic rings. The van der Waals surface area contributed by atoms with E-state index in [-0.39, 0.29) is 11.8 Å². The third kappa shape index (κ3) is 5.35. The van der Waals surface area contributed by atoms with Crippen LogP contribution in [0.4, 0.5) is 11.5 Å². The average Bonchev–Trinajstić information content (AvgIpc) is 3.23. The number of aromatic nitrogens is 1. The van der Waals surface area contributed by atoms with Crippen LogP contribution in [0.25, 0.3) is 11.3 Å². The molecule has 1 fully saturated rings. The van der Waals surface area contributed by atoms with E-state index in [1.807, 2.05) is 18.2 Å². The molecule has 1 saturated heterocycles. The van der Waals surface area contributed by atoms with E-state index in [1.165, 1.54) is 6.08 Å². The van der Waals surface area contributed by atoms with Crippen LogP contribution in [0.2, 0.25) is 0 Å². The third-order valence-corrected chi connectivity index (χ3v) is 6.03. The lowest BCUT2D eigenvalue weighted by Gasteiger charge is -2.27. The smallest absolute Gasteiger partial charge is 0.254 e. The molecule has 1 aromatic carbocycles. The van der Waals surface area contributed by atoms with E-state index in [9.17, 15) is 9.59 Å². The van der Waals surface area contributed by atoms with Crippen molar-refractivity contribution in [2.45, 2.75) is 12.2 Å². The Morgan fingerprint density at radius 1 is 1.25 bits per heavy atom. The number of amides is 2. The van der Waals surface area contributed by atoms with Crippen LogP contribution in [0.15, 0.2) is 54.0 Å². The summed E-state index contributed by atoms with van der Waals surface area (Å²) in [7, 11) is 0. The van der Waals surface area contributed by atoms with Gasteiger partial charge in [0.1, 0.15) is 5.82 Å². The zero-order valence-corrected chi connectivity index (χ0v) is 18.7. The summed E-state index contributed by atoms with van der Waals surface area (Å²) in [6, 6.07) is 10.9. The summed E-state index contributed by atoms with van der Waals surface area (Å²) in [4.78, 5) is 35.9. The van der Waals surface area contributed by atoms with Crippen molar-refractivity contribution < 1.29 is 14.3 Å². The molecule has 8 nitrogen and oxygen atoms in total. The molecule has 2 aliphatic rings. The number of thioether (sulfide) groups is 1. The molecule has 0 radical (unpaired) electrons. The first-order valence-electron chi connectivity index (χ1n) is 10.4. The van der Waals surface area contributed by atoms with Crippen molar-refractivity contribution in [1.82, 2.24) is 9.88 Å². The second-order valence-electron chi connectivity index (χ2n) is 7.50. The van der Waals surface area contributed by atoms with E-state index in [1.54, 1.807) is 34.9 Å². The molecule has 32 heavy (non-hydrogen) atoms. The highest BCUT2D eigenvalue weighted by molar-refractivity contribution is 8.15. The fourth-order valence-corrected chi connectivity index (χ4v) is 4.26. The van der Waals surface area contributed by atoms with Gasteiger partial charge in [-0.25, -0.2) is 4.98 Å². The van der Waals surface area contributed by atoms with Gasteiger partial charge >= 0.3 is 0 Å². The molecule has 2 amide bonds. The molecule has 0 saturated carbocycles. The number of ether oxygens (including phenoxy) is 1. The predicted octanol–water partition coefficient (Wildman–Crippen LogP) is 3.25. The molecule has 4 rings (SSSR count). The molecule has 1 unspecified atom stereocenters. The van der Waals surface area contributed by atoms with Crippen molar-refractivity contribution in [2.75, 3.05) is 43.5 Å². The number of pyridine rings is 1. The lowest BCUT2D eigenvalue weighted by atomic mass is 10.1. The zero-order chi connectivity index (χ0) is 22.5. The lowest BCUT2D eigenvalue weighted by Crippen LogP contribution is -2.40. The summed E-state index contributed by atoms with van der Waals surface area (Å²) in [6.45, 7) is 8.52. The molecule has 3 heterocycles. The number of aliphatic imine (C=N–C) groups is 1. The van der Waals surface area contributed by atoms with Crippen LogP contribution >= 0.6 is 11.8 Å². The number of nitrogens with zero attached hydrogens (tertiary/aromatic N) is 3. The number of rotatable bonds is 5. The number of hydrogen-bond donors (Lipinski definition) is 2. The fraction of sp³-hybridized carbons (Fsp3) is 0.304. The standard InChI is InChI=1S/C23H25N5O3S/c1-3-21(29)25-18-6-4-5-16(11-18)19-12-17(22(30)28-7-9-31-10-8-28)13-20(26-19)27-23-24-14-15(2)32-23/h3-6,11-13,15H,1,7-10,14H2,2H3,(H,25,29)(H,24,26,27). The quantitative estimate of drug-likeness (QED) is 0.678. The Balaban J connectivity index is 1.68. The largest absolute Gasteiger partial charge is 0.378 e. The van der Waals surface area contributed by atoms with Gasteiger partial charge in [0.05, 0.1) is 25.5 Å². The van der Waals surface area contributed by atoms with E-state index in [0.29, 0.717) is 54.3 Å². The maximum absolute atomic E-state index is 13.2. The number of anilines is 2. The van der Waals surface area contributed by atoms with Gasteiger partial charge in [-0.1, -0.05) is 37.4 Å². The third-order valence-electron chi connectivity index (χ3n) is 5.02. The first-order chi connectivity index (χ1) is 15.5. The van der Waals surface area contributed by atoms with Crippen LogP contribution in [-0.2, 0) is 9.53 Å². The van der Waals surface area contributed by atoms with Crippen LogP contribution < -0.4 is 10.6 Å². The molecule has 0 bridgehead atoms. The second kappa shape index (κ2) is 9.97. The summed E-state index contributed by atoms with van der Waals surface area (Å²) >= 11 is 1.65. The predicted molar refractivity (Wildman–Crippen MR) is 128 cm³/mol. The van der Waals surface area contributed by atoms with E-state index >= 15 is 0 Å². The first-order valence-corrected chi connectivity index (χ1v) is 11.3. The number of hydrogen-bond acceptors (Lipinski definition) is 7. The Labute approximate surface area is 191 Å². The van der Waals surface area contributed by atoms with Gasteiger partial charge in [-0.05, 0) is 30.3 Å². The normalized spacial score (nSPS) is 18.1. The van der Waals surface area contributed by atoms with Gasteiger partial charge < -0.3 is 20.3 Å². The molecule has 9 heteroatoms. The Morgan fingerprint density at radius 2 is 2.06 bits per heavy atom. The van der Waals surface area contributed by atoms with Crippen molar-refractivity contribution in [3.63, 3.8) is 0 Å². The van der Waals surface area contributed by atoms with E-state index in [4.69, 9.17) is 9.72 Å². The highest BCUT2D eigenvalue weighted by Gasteiger charge is 2.22. The fourth-order valence-electron chi connectivity index (χ4n) is 3.42. The molecule has 0 spiro atoms. The Bertz CT molecular complexity index is 1070. The van der Waals surface area contributed by atoms with Crippen molar-refractivity contribution >= 4 is 40.2 Å². The molecule has 0 aliphatic carbocycles. The van der Waals surface area contributed by atoms with Crippen LogP contribution in [0.1, 0.15) is 17.3 Å². The van der Waals surface area contributed by atoms with Crippen molar-refractivity contribution in [3.8, 4) is 11.3 Å². The zero-order valence-electron chi connectivity index (χ0n) is 17.8. The molecule has 1 aromatic heterocycles. The Kier molecular flexibility index (Phi) is 6.87. The number of nitrogens with one attached hydrogen (secondary N) is 2. The summed E-state index contributed by atoms with van der Waals surface area (Å²) in [6.07, 6.45) is 1.22. The molecule has 166 valence electrons. The van der Waals surface area contributed by atoms with Gasteiger partial charge in [0, 0.05) is 35.2 Å². The monoisotopic (exact) mass is 451 g/mol. The molecular formula is C23H25N5O3S. The van der Waals surface area contributed by atoms with Gasteiger partial charge in [-0.3, -0.25) is 14.6 Å². The van der Waals surface area contributed by atoms with Crippen LogP contribution in [0, 0.1) is 0 Å². The van der Waals surface area contributed by atoms with E-state index in [2.05, 4.69) is 29.1 Å². The topological polar surface area (TPSA) is 95.9 Å². The van der Waals surface area contributed by atoms with Gasteiger partial charge in [0.2, 0.25) is 5.91 Å². The highest BCUT2D eigenvalue weighted by atomic mass is 32.2. The average molecular weight is 452 g/mol. The lowest BCUT2D eigenvalue weighted by molar-refractivity contribution is -0.111. The van der Waals surface area contributed by atoms with Crippen LogP contribution in [0.3, 0.4) is 0 Å². The first kappa shape index (κ1) is 22.0. The molecule has 2 aliphatic heterocycles. The molecule has 1 atom stereocenters. The molecular weight excluding hydrogens is 426 g/mol. The minimum atomic E-state index is -0.292. The number of amidine groups is 1. The van der Waals surface area contributed by atoms with E-state index < -0.39 is 0 Å². The molecule has 2 N–H and O–H groups in total. The summed E-state index contributed by atoms with van der Waals surface area (Å²) in [5.74, 6) is 0.199. The minimum Gasteiger partial charge on any atom is -0.378 e. The van der Waals surface area contributed by atoms with Gasteiger partial charge in [-0.2, -0.15) is 0 Å². The second-order valence-corrected chi connectivity index (χ2v) is 8.93. The van der Waals surface area contributed by atoms with Crippen LogP contribution in [0.5, 0.6) is 0 Å². The van der Waals surface area contributed by atoms with Crippen molar-refractivity contribution in [2.24, 2.45) is 4.99 Å². The maximum atomic E-state index is 13.2. The van der Waals surface area contributed by atoms with E-state index in [0.717, 1.165) is 17.3 Å². The van der Waals surface area contributed by atoms with Gasteiger partial charge in [0.15, 0.2) is 5.17 Å². The summed E-state index contributed by atoms with van der Waals surface area (Å²) < 4.78 is 5.38. The Morgan fingerprint density at radius 3 is 2.78 bits per heavy atom. The van der Waals surface area contributed by atoms with Crippen LogP contribution in [-0.4, -0.2) is 65.0 Å². The SMILES string of the molecule is C=CC(=O)Nc1cccc(-c2cc(C(=O)N3CCOCC3)cc(NC3=NCC(C)S3)n2)c1. The van der Waals surface area contributed by atoms with Crippen molar-refractivity contribution in [3.05, 3.63) is 54.6 Å². The van der Waals surface area contributed by atoms with Crippen molar-refractivity contribution in [1.29, 1.82) is 0 Å². The minimum absolute atomic E-state index is 0.0644. The summed E-state index contributed by atoms with van der Waals surface area (Å²) in [5, 5.41) is 7.21. The summed E-state index contributed by atoms with van der Waals surface area (Å²) in [5.41, 5.74) is 2.56. The number of benzene rings is 1. The number of carbonyl (C=O) groups excluding carboxylic acids is 2. The highest BCUT2D eigenvalue weighted by Crippen LogP contribution is 2.27. The maximum Gasteiger partial charge on any atom is 0.254 e. The Hall–Kier alpha value is -3.17.